The van der Waals surface area contributed by atoms with Gasteiger partial charge in [0.05, 0.1) is 13.0 Å². The molecule has 1 aromatic carbocycles. The number of methoxy groups -OCH3 is 1. The molecule has 1 aromatic rings. The summed E-state index contributed by atoms with van der Waals surface area (Å²) in [4.78, 5) is 23.0. The van der Waals surface area contributed by atoms with Crippen LogP contribution >= 0.6 is 0 Å². The zero-order valence-corrected chi connectivity index (χ0v) is 10.3. The normalized spacial score (nSPS) is 22.7. The topological polar surface area (TPSA) is 63.6 Å². The van der Waals surface area contributed by atoms with E-state index in [2.05, 4.69) is 0 Å². The summed E-state index contributed by atoms with van der Waals surface area (Å²) < 4.78 is 5.03. The lowest BCUT2D eigenvalue weighted by Crippen LogP contribution is -2.14. The van der Waals surface area contributed by atoms with Crippen molar-refractivity contribution < 1.29 is 19.4 Å². The van der Waals surface area contributed by atoms with Crippen molar-refractivity contribution in [2.45, 2.75) is 19.3 Å². The van der Waals surface area contributed by atoms with Crippen molar-refractivity contribution in [2.75, 3.05) is 7.11 Å². The third-order valence-corrected chi connectivity index (χ3v) is 3.53. The van der Waals surface area contributed by atoms with Crippen LogP contribution in [0.2, 0.25) is 0 Å². The monoisotopic (exact) mass is 248 g/mol. The molecule has 0 amide bonds. The molecular formula is C14H16O4. The molecule has 0 radical (unpaired) electrons. The number of benzene rings is 1. The highest BCUT2D eigenvalue weighted by molar-refractivity contribution is 5.98. The van der Waals surface area contributed by atoms with E-state index in [4.69, 9.17) is 9.84 Å². The van der Waals surface area contributed by atoms with Crippen LogP contribution in [-0.2, 0) is 4.79 Å². The van der Waals surface area contributed by atoms with E-state index in [0.29, 0.717) is 30.6 Å². The lowest BCUT2D eigenvalue weighted by Gasteiger charge is -2.09. The van der Waals surface area contributed by atoms with Crippen LogP contribution in [0.15, 0.2) is 24.3 Å². The van der Waals surface area contributed by atoms with E-state index in [1.807, 2.05) is 0 Å². The Kier molecular flexibility index (Phi) is 3.65. The summed E-state index contributed by atoms with van der Waals surface area (Å²) in [5.41, 5.74) is 0.631. The highest BCUT2D eigenvalue weighted by Crippen LogP contribution is 2.33. The number of hydrogen-bond acceptors (Lipinski definition) is 3. The van der Waals surface area contributed by atoms with Crippen LogP contribution in [0.4, 0.5) is 0 Å². The van der Waals surface area contributed by atoms with E-state index in [-0.39, 0.29) is 17.6 Å². The second-order valence-corrected chi connectivity index (χ2v) is 4.64. The van der Waals surface area contributed by atoms with Gasteiger partial charge < -0.3 is 9.84 Å². The molecule has 1 aliphatic rings. The maximum absolute atomic E-state index is 12.2. The molecule has 0 bridgehead atoms. The first kappa shape index (κ1) is 12.6. The van der Waals surface area contributed by atoms with E-state index in [0.717, 1.165) is 0 Å². The number of carboxylic acids is 1. The maximum atomic E-state index is 12.2. The molecule has 96 valence electrons. The Hall–Kier alpha value is -1.84. The van der Waals surface area contributed by atoms with Crippen LogP contribution in [-0.4, -0.2) is 24.0 Å². The van der Waals surface area contributed by atoms with Crippen LogP contribution in [0, 0.1) is 11.8 Å². The van der Waals surface area contributed by atoms with Crippen LogP contribution < -0.4 is 4.74 Å². The molecule has 0 saturated heterocycles. The molecule has 2 atom stereocenters. The van der Waals surface area contributed by atoms with Crippen molar-refractivity contribution in [2.24, 2.45) is 11.8 Å². The van der Waals surface area contributed by atoms with Gasteiger partial charge in [-0.3, -0.25) is 9.59 Å². The molecule has 18 heavy (non-hydrogen) atoms. The number of aliphatic carboxylic acids is 1. The average Bonchev–Trinajstić information content (AvgIpc) is 2.88. The van der Waals surface area contributed by atoms with Gasteiger partial charge in [-0.1, -0.05) is 0 Å². The van der Waals surface area contributed by atoms with Crippen molar-refractivity contribution in [3.05, 3.63) is 29.8 Å². The summed E-state index contributed by atoms with van der Waals surface area (Å²) in [6.45, 7) is 0. The highest BCUT2D eigenvalue weighted by atomic mass is 16.5. The van der Waals surface area contributed by atoms with E-state index in [1.54, 1.807) is 31.4 Å². The van der Waals surface area contributed by atoms with Gasteiger partial charge in [0.1, 0.15) is 5.75 Å². The van der Waals surface area contributed by atoms with Crippen LogP contribution in [0.1, 0.15) is 29.6 Å². The van der Waals surface area contributed by atoms with Crippen molar-refractivity contribution in [1.82, 2.24) is 0 Å². The van der Waals surface area contributed by atoms with Gasteiger partial charge in [-0.05, 0) is 43.5 Å². The number of rotatable bonds is 4. The van der Waals surface area contributed by atoms with Gasteiger partial charge in [-0.2, -0.15) is 0 Å². The van der Waals surface area contributed by atoms with Gasteiger partial charge in [0.2, 0.25) is 0 Å². The Morgan fingerprint density at radius 3 is 2.28 bits per heavy atom. The zero-order chi connectivity index (χ0) is 13.1. The number of Topliss-reactive ketones (excluding diaryl/α,β-unsaturated/α-hetero) is 1. The Bertz CT molecular complexity index is 449. The molecule has 1 N–H and O–H groups in total. The second-order valence-electron chi connectivity index (χ2n) is 4.64. The van der Waals surface area contributed by atoms with E-state index < -0.39 is 5.97 Å². The van der Waals surface area contributed by atoms with Gasteiger partial charge in [-0.15, -0.1) is 0 Å². The molecule has 0 aromatic heterocycles. The number of hydrogen-bond donors (Lipinski definition) is 1. The van der Waals surface area contributed by atoms with Crippen LogP contribution in [0.5, 0.6) is 5.75 Å². The van der Waals surface area contributed by atoms with Gasteiger partial charge in [0.25, 0.3) is 0 Å². The zero-order valence-electron chi connectivity index (χ0n) is 10.3. The predicted octanol–water partition coefficient (Wildman–Crippen LogP) is 2.38. The van der Waals surface area contributed by atoms with Gasteiger partial charge in [0, 0.05) is 11.5 Å². The van der Waals surface area contributed by atoms with Crippen molar-refractivity contribution in [1.29, 1.82) is 0 Å². The molecule has 0 unspecified atom stereocenters. The fraction of sp³-hybridized carbons (Fsp3) is 0.429. The van der Waals surface area contributed by atoms with Gasteiger partial charge in [-0.25, -0.2) is 0 Å². The lowest BCUT2D eigenvalue weighted by molar-refractivity contribution is -0.141. The number of ketones is 1. The number of ether oxygens (including phenoxy) is 1. The summed E-state index contributed by atoms with van der Waals surface area (Å²) in [5, 5.41) is 8.92. The second kappa shape index (κ2) is 5.21. The fourth-order valence-electron chi connectivity index (χ4n) is 2.43. The van der Waals surface area contributed by atoms with Crippen molar-refractivity contribution in [3.63, 3.8) is 0 Å². The Morgan fingerprint density at radius 1 is 1.17 bits per heavy atom. The van der Waals surface area contributed by atoms with Gasteiger partial charge >= 0.3 is 5.97 Å². The molecule has 1 saturated carbocycles. The molecule has 1 aliphatic carbocycles. The predicted molar refractivity (Wildman–Crippen MR) is 65.8 cm³/mol. The average molecular weight is 248 g/mol. The Labute approximate surface area is 106 Å². The minimum absolute atomic E-state index is 0.0430. The largest absolute Gasteiger partial charge is 0.497 e. The van der Waals surface area contributed by atoms with E-state index in [9.17, 15) is 9.59 Å². The van der Waals surface area contributed by atoms with Crippen molar-refractivity contribution in [3.8, 4) is 5.75 Å². The number of carboxylic acid groups (broad SMARTS) is 1. The summed E-state index contributed by atoms with van der Waals surface area (Å²) >= 11 is 0. The van der Waals surface area contributed by atoms with E-state index in [1.165, 1.54) is 0 Å². The number of carbonyl (C=O) groups is 2. The molecule has 0 heterocycles. The third kappa shape index (κ3) is 2.53. The smallest absolute Gasteiger partial charge is 0.306 e. The van der Waals surface area contributed by atoms with Crippen molar-refractivity contribution >= 4 is 11.8 Å². The Morgan fingerprint density at radius 2 is 1.78 bits per heavy atom. The van der Waals surface area contributed by atoms with Crippen LogP contribution in [0.25, 0.3) is 0 Å². The lowest BCUT2D eigenvalue weighted by atomic mass is 9.95. The minimum atomic E-state index is -0.792. The summed E-state index contributed by atoms with van der Waals surface area (Å²) in [6.07, 6.45) is 1.73. The molecule has 2 rings (SSSR count). The van der Waals surface area contributed by atoms with Gasteiger partial charge in [0.15, 0.2) is 5.78 Å². The van der Waals surface area contributed by atoms with E-state index >= 15 is 0 Å². The number of carbonyl (C=O) groups excluding carboxylic acids is 1. The maximum Gasteiger partial charge on any atom is 0.306 e. The molecule has 0 spiro atoms. The van der Waals surface area contributed by atoms with Crippen LogP contribution in [0.3, 0.4) is 0 Å². The first-order valence-corrected chi connectivity index (χ1v) is 6.03. The standard InChI is InChI=1S/C14H16O4/c1-18-12-6-4-9(5-7-12)13(15)10-2-3-11(8-10)14(16)17/h4-7,10-11H,2-3,8H2,1H3,(H,16,17)/t10-,11+/m1/s1. The molecule has 1 fully saturated rings. The quantitative estimate of drug-likeness (QED) is 0.831. The first-order valence-electron chi connectivity index (χ1n) is 6.03. The summed E-state index contributed by atoms with van der Waals surface area (Å²) in [7, 11) is 1.57. The molecule has 0 aliphatic heterocycles. The minimum Gasteiger partial charge on any atom is -0.497 e. The molecule has 4 nitrogen and oxygen atoms in total. The molecular weight excluding hydrogens is 232 g/mol. The first-order chi connectivity index (χ1) is 8.61. The summed E-state index contributed by atoms with van der Waals surface area (Å²) in [5.74, 6) is -0.556. The highest BCUT2D eigenvalue weighted by Gasteiger charge is 2.34. The Balaban J connectivity index is 2.05. The summed E-state index contributed by atoms with van der Waals surface area (Å²) in [6, 6.07) is 6.96. The fourth-order valence-corrected chi connectivity index (χ4v) is 2.43. The molecule has 4 heteroatoms. The third-order valence-electron chi connectivity index (χ3n) is 3.53. The SMILES string of the molecule is COc1ccc(C(=O)[C@@H]2CC[C@H](C(=O)O)C2)cc1.